The van der Waals surface area contributed by atoms with Crippen molar-refractivity contribution in [2.45, 2.75) is 25.2 Å². The summed E-state index contributed by atoms with van der Waals surface area (Å²) >= 11 is 13.3. The van der Waals surface area contributed by atoms with Crippen LogP contribution in [0.15, 0.2) is 60.3 Å². The Kier molecular flexibility index (Phi) is 7.79. The minimum Gasteiger partial charge on any atom is -0.484 e. The molecule has 9 heteroatoms. The Hall–Kier alpha value is -2.48. The third-order valence-corrected chi connectivity index (χ3v) is 5.52. The van der Waals surface area contributed by atoms with E-state index >= 15 is 0 Å². The maximum Gasteiger partial charge on any atom is 0.234 e. The first-order valence-corrected chi connectivity index (χ1v) is 10.8. The van der Waals surface area contributed by atoms with E-state index in [1.54, 1.807) is 24.3 Å². The third kappa shape index (κ3) is 6.01. The van der Waals surface area contributed by atoms with Gasteiger partial charge in [-0.2, -0.15) is 0 Å². The number of carbonyl (C=O) groups excluding carboxylic acids is 1. The number of aromatic nitrogens is 3. The summed E-state index contributed by atoms with van der Waals surface area (Å²) in [5.74, 6) is 1.18. The average Bonchev–Trinajstić information content (AvgIpc) is 3.09. The van der Waals surface area contributed by atoms with Crippen molar-refractivity contribution in [1.29, 1.82) is 0 Å². The van der Waals surface area contributed by atoms with Crippen LogP contribution in [0.25, 0.3) is 0 Å². The molecule has 3 rings (SSSR count). The Morgan fingerprint density at radius 1 is 1.23 bits per heavy atom. The molecule has 0 bridgehead atoms. The topological polar surface area (TPSA) is 69.0 Å². The van der Waals surface area contributed by atoms with Crippen LogP contribution in [0, 0.1) is 6.92 Å². The highest BCUT2D eigenvalue weighted by atomic mass is 35.5. The molecule has 0 spiro atoms. The van der Waals surface area contributed by atoms with Crippen LogP contribution in [-0.2, 0) is 17.9 Å². The zero-order valence-corrected chi connectivity index (χ0v) is 18.6. The van der Waals surface area contributed by atoms with E-state index in [0.29, 0.717) is 33.3 Å². The summed E-state index contributed by atoms with van der Waals surface area (Å²) in [6.07, 6.45) is 1.73. The number of anilines is 1. The molecule has 0 fully saturated rings. The van der Waals surface area contributed by atoms with E-state index in [1.807, 2.05) is 35.8 Å². The van der Waals surface area contributed by atoms with Gasteiger partial charge in [0.25, 0.3) is 0 Å². The number of hydrogen-bond donors (Lipinski definition) is 1. The number of carbonyl (C=O) groups is 1. The molecule has 3 aromatic rings. The van der Waals surface area contributed by atoms with E-state index < -0.39 is 0 Å². The summed E-state index contributed by atoms with van der Waals surface area (Å²) in [5, 5.41) is 12.8. The van der Waals surface area contributed by atoms with Crippen LogP contribution < -0.4 is 10.1 Å². The largest absolute Gasteiger partial charge is 0.484 e. The third-order valence-electron chi connectivity index (χ3n) is 4.02. The number of rotatable bonds is 9. The molecule has 6 nitrogen and oxygen atoms in total. The van der Waals surface area contributed by atoms with Crippen molar-refractivity contribution in [3.63, 3.8) is 0 Å². The first kappa shape index (κ1) is 22.2. The lowest BCUT2D eigenvalue weighted by Gasteiger charge is -2.10. The van der Waals surface area contributed by atoms with Crippen LogP contribution in [0.5, 0.6) is 5.75 Å². The normalized spacial score (nSPS) is 10.6. The van der Waals surface area contributed by atoms with E-state index in [1.165, 1.54) is 11.8 Å². The van der Waals surface area contributed by atoms with Gasteiger partial charge in [-0.3, -0.25) is 9.36 Å². The molecule has 1 heterocycles. The zero-order valence-electron chi connectivity index (χ0n) is 16.3. The smallest absolute Gasteiger partial charge is 0.234 e. The van der Waals surface area contributed by atoms with Crippen molar-refractivity contribution < 1.29 is 9.53 Å². The van der Waals surface area contributed by atoms with Gasteiger partial charge in [0.15, 0.2) is 11.0 Å². The van der Waals surface area contributed by atoms with Crippen molar-refractivity contribution >= 4 is 46.6 Å². The highest BCUT2D eigenvalue weighted by Gasteiger charge is 2.15. The molecule has 0 aliphatic carbocycles. The number of nitrogens with one attached hydrogen (secondary N) is 1. The second kappa shape index (κ2) is 10.5. The molecule has 0 unspecified atom stereocenters. The van der Waals surface area contributed by atoms with Crippen LogP contribution in [0.1, 0.15) is 11.4 Å². The molecule has 0 radical (unpaired) electrons. The van der Waals surface area contributed by atoms with Crippen LogP contribution in [0.2, 0.25) is 10.0 Å². The molecule has 0 aliphatic heterocycles. The lowest BCUT2D eigenvalue weighted by molar-refractivity contribution is -0.113. The molecule has 1 aromatic heterocycles. The van der Waals surface area contributed by atoms with Crippen LogP contribution in [0.4, 0.5) is 5.69 Å². The summed E-state index contributed by atoms with van der Waals surface area (Å²) in [7, 11) is 0. The molecule has 0 saturated carbocycles. The van der Waals surface area contributed by atoms with Crippen molar-refractivity contribution in [3.05, 3.63) is 76.6 Å². The van der Waals surface area contributed by atoms with Crippen LogP contribution >= 0.6 is 35.0 Å². The predicted octanol–water partition coefficient (Wildman–Crippen LogP) is 5.39. The van der Waals surface area contributed by atoms with E-state index in [4.69, 9.17) is 27.9 Å². The Morgan fingerprint density at radius 3 is 2.70 bits per heavy atom. The Morgan fingerprint density at radius 2 is 2.00 bits per heavy atom. The number of nitrogens with zero attached hydrogens (tertiary/aromatic N) is 3. The fourth-order valence-corrected chi connectivity index (χ4v) is 3.77. The molecule has 1 amide bonds. The molecular weight excluding hydrogens is 443 g/mol. The minimum absolute atomic E-state index is 0.122. The van der Waals surface area contributed by atoms with Gasteiger partial charge in [0.2, 0.25) is 5.91 Å². The number of thioether (sulfide) groups is 1. The van der Waals surface area contributed by atoms with E-state index in [-0.39, 0.29) is 18.3 Å². The SMILES string of the molecule is C=CCn1c(COc2ccc(Cl)cc2Cl)nnc1SCC(=O)Nc1ccc(C)cc1. The van der Waals surface area contributed by atoms with Gasteiger partial charge in [-0.25, -0.2) is 0 Å². The fourth-order valence-electron chi connectivity index (χ4n) is 2.54. The standard InChI is InChI=1S/C21H20Cl2N4O2S/c1-3-10-27-19(12-29-18-9-6-15(22)11-17(18)23)25-26-21(27)30-13-20(28)24-16-7-4-14(2)5-8-16/h3-9,11H,1,10,12-13H2,2H3,(H,24,28). The second-order valence-corrected chi connectivity index (χ2v) is 8.15. The molecule has 1 N–H and O–H groups in total. The van der Waals surface area contributed by atoms with Crippen molar-refractivity contribution in [3.8, 4) is 5.75 Å². The Balaban J connectivity index is 1.62. The van der Waals surface area contributed by atoms with Gasteiger partial charge in [0.05, 0.1) is 10.8 Å². The number of benzene rings is 2. The van der Waals surface area contributed by atoms with E-state index in [0.717, 1.165) is 11.3 Å². The highest BCUT2D eigenvalue weighted by Crippen LogP contribution is 2.28. The van der Waals surface area contributed by atoms with Crippen LogP contribution in [-0.4, -0.2) is 26.4 Å². The van der Waals surface area contributed by atoms with Gasteiger partial charge in [0, 0.05) is 17.3 Å². The Labute approximate surface area is 189 Å². The maximum absolute atomic E-state index is 12.3. The van der Waals surface area contributed by atoms with Gasteiger partial charge in [-0.1, -0.05) is 58.7 Å². The van der Waals surface area contributed by atoms with Crippen molar-refractivity contribution in [2.24, 2.45) is 0 Å². The lowest BCUT2D eigenvalue weighted by Crippen LogP contribution is -2.15. The first-order valence-electron chi connectivity index (χ1n) is 9.06. The number of halogens is 2. The number of aryl methyl sites for hydroxylation is 1. The van der Waals surface area contributed by atoms with Crippen molar-refractivity contribution in [2.75, 3.05) is 11.1 Å². The quantitative estimate of drug-likeness (QED) is 0.341. The molecule has 0 atom stereocenters. The van der Waals surface area contributed by atoms with E-state index in [2.05, 4.69) is 22.1 Å². The van der Waals surface area contributed by atoms with Crippen molar-refractivity contribution in [1.82, 2.24) is 14.8 Å². The fraction of sp³-hybridized carbons (Fsp3) is 0.190. The number of hydrogen-bond acceptors (Lipinski definition) is 5. The molecular formula is C21H20Cl2N4O2S. The van der Waals surface area contributed by atoms with E-state index in [9.17, 15) is 4.79 Å². The monoisotopic (exact) mass is 462 g/mol. The summed E-state index contributed by atoms with van der Waals surface area (Å²) in [6, 6.07) is 12.6. The van der Waals surface area contributed by atoms with Gasteiger partial charge in [-0.05, 0) is 37.3 Å². The highest BCUT2D eigenvalue weighted by molar-refractivity contribution is 7.99. The summed E-state index contributed by atoms with van der Waals surface area (Å²) in [6.45, 7) is 6.43. The summed E-state index contributed by atoms with van der Waals surface area (Å²) in [5.41, 5.74) is 1.89. The minimum atomic E-state index is -0.122. The maximum atomic E-state index is 12.3. The molecule has 2 aromatic carbocycles. The Bertz CT molecular complexity index is 1040. The molecule has 156 valence electrons. The first-order chi connectivity index (χ1) is 14.5. The predicted molar refractivity (Wildman–Crippen MR) is 122 cm³/mol. The molecule has 0 saturated heterocycles. The lowest BCUT2D eigenvalue weighted by atomic mass is 10.2. The number of amides is 1. The van der Waals surface area contributed by atoms with Gasteiger partial charge < -0.3 is 10.1 Å². The molecule has 0 aliphatic rings. The van der Waals surface area contributed by atoms with Gasteiger partial charge in [0.1, 0.15) is 12.4 Å². The summed E-state index contributed by atoms with van der Waals surface area (Å²) in [4.78, 5) is 12.3. The molecule has 30 heavy (non-hydrogen) atoms. The van der Waals surface area contributed by atoms with Crippen LogP contribution in [0.3, 0.4) is 0 Å². The average molecular weight is 463 g/mol. The summed E-state index contributed by atoms with van der Waals surface area (Å²) < 4.78 is 7.60. The number of allylic oxidation sites excluding steroid dienone is 1. The zero-order chi connectivity index (χ0) is 21.5. The van der Waals surface area contributed by atoms with Gasteiger partial charge >= 0.3 is 0 Å². The van der Waals surface area contributed by atoms with Gasteiger partial charge in [-0.15, -0.1) is 16.8 Å². The number of ether oxygens (including phenoxy) is 1. The second-order valence-electron chi connectivity index (χ2n) is 6.36.